The van der Waals surface area contributed by atoms with E-state index < -0.39 is 0 Å². The van der Waals surface area contributed by atoms with Gasteiger partial charge in [-0.2, -0.15) is 5.26 Å². The Balaban J connectivity index is 1.61. The molecule has 5 nitrogen and oxygen atoms in total. The molecule has 1 fully saturated rings. The number of pyridine rings is 2. The van der Waals surface area contributed by atoms with Crippen molar-refractivity contribution in [3.05, 3.63) is 54.0 Å². The summed E-state index contributed by atoms with van der Waals surface area (Å²) in [5, 5.41) is 9.06. The van der Waals surface area contributed by atoms with Gasteiger partial charge in [-0.25, -0.2) is 4.98 Å². The molecule has 24 heavy (non-hydrogen) atoms. The van der Waals surface area contributed by atoms with E-state index in [2.05, 4.69) is 39.0 Å². The smallest absolute Gasteiger partial charge is 0.129 e. The molecule has 1 saturated heterocycles. The maximum Gasteiger partial charge on any atom is 0.129 e. The molecule has 1 aliphatic heterocycles. The zero-order valence-electron chi connectivity index (χ0n) is 14.1. The van der Waals surface area contributed by atoms with E-state index in [0.717, 1.165) is 44.0 Å². The van der Waals surface area contributed by atoms with Crippen molar-refractivity contribution in [3.63, 3.8) is 0 Å². The molecule has 1 unspecified atom stereocenters. The molecule has 2 aromatic rings. The van der Waals surface area contributed by atoms with Gasteiger partial charge < -0.3 is 4.90 Å². The maximum atomic E-state index is 9.06. The molecule has 0 saturated carbocycles. The van der Waals surface area contributed by atoms with E-state index in [1.165, 1.54) is 6.42 Å². The van der Waals surface area contributed by atoms with Gasteiger partial charge in [0.2, 0.25) is 0 Å². The second kappa shape index (κ2) is 7.89. The van der Waals surface area contributed by atoms with Crippen molar-refractivity contribution < 1.29 is 0 Å². The number of anilines is 1. The molecule has 0 amide bonds. The van der Waals surface area contributed by atoms with E-state index >= 15 is 0 Å². The number of nitriles is 1. The molecule has 0 N–H and O–H groups in total. The largest absolute Gasteiger partial charge is 0.357 e. The third-order valence-electron chi connectivity index (χ3n) is 4.66. The van der Waals surface area contributed by atoms with Crippen LogP contribution in [0.4, 0.5) is 5.82 Å². The topological polar surface area (TPSA) is 56.1 Å². The average Bonchev–Trinajstić information content (AvgIpc) is 2.89. The van der Waals surface area contributed by atoms with Gasteiger partial charge in [0.1, 0.15) is 5.82 Å². The summed E-state index contributed by atoms with van der Waals surface area (Å²) in [4.78, 5) is 13.6. The molecule has 1 atom stereocenters. The zero-order valence-corrected chi connectivity index (χ0v) is 14.1. The molecule has 5 heteroatoms. The summed E-state index contributed by atoms with van der Waals surface area (Å²) in [6.45, 7) is 2.85. The van der Waals surface area contributed by atoms with Crippen molar-refractivity contribution in [1.82, 2.24) is 14.9 Å². The van der Waals surface area contributed by atoms with Crippen LogP contribution in [0.2, 0.25) is 0 Å². The van der Waals surface area contributed by atoms with Crippen molar-refractivity contribution in [2.45, 2.75) is 31.8 Å². The Bertz CT molecular complexity index is 694. The van der Waals surface area contributed by atoms with Crippen LogP contribution < -0.4 is 4.90 Å². The molecule has 2 aromatic heterocycles. The Kier molecular flexibility index (Phi) is 5.39. The van der Waals surface area contributed by atoms with Gasteiger partial charge >= 0.3 is 0 Å². The second-order valence-electron chi connectivity index (χ2n) is 6.32. The Morgan fingerprint density at radius 3 is 2.92 bits per heavy atom. The summed E-state index contributed by atoms with van der Waals surface area (Å²) >= 11 is 0. The van der Waals surface area contributed by atoms with Gasteiger partial charge in [0.05, 0.1) is 17.3 Å². The monoisotopic (exact) mass is 321 g/mol. The summed E-state index contributed by atoms with van der Waals surface area (Å²) in [5.74, 6) is 0.919. The highest BCUT2D eigenvalue weighted by Gasteiger charge is 2.21. The van der Waals surface area contributed by atoms with Crippen LogP contribution in [0.15, 0.2) is 42.7 Å². The zero-order chi connectivity index (χ0) is 16.8. The second-order valence-corrected chi connectivity index (χ2v) is 6.32. The highest BCUT2D eigenvalue weighted by Crippen LogP contribution is 2.21. The lowest BCUT2D eigenvalue weighted by atomic mass is 10.1. The van der Waals surface area contributed by atoms with Crippen molar-refractivity contribution in [1.29, 1.82) is 5.26 Å². The molecule has 0 radical (unpaired) electrons. The lowest BCUT2D eigenvalue weighted by Gasteiger charge is -2.27. The minimum Gasteiger partial charge on any atom is -0.357 e. The van der Waals surface area contributed by atoms with Gasteiger partial charge in [-0.1, -0.05) is 6.07 Å². The number of nitrogens with zero attached hydrogens (tertiary/aromatic N) is 5. The first-order valence-electron chi connectivity index (χ1n) is 8.47. The minimum atomic E-state index is 0.552. The van der Waals surface area contributed by atoms with Crippen molar-refractivity contribution in [3.8, 4) is 6.07 Å². The van der Waals surface area contributed by atoms with E-state index in [1.807, 2.05) is 24.4 Å². The fourth-order valence-electron chi connectivity index (χ4n) is 3.29. The Morgan fingerprint density at radius 2 is 2.12 bits per heavy atom. The third-order valence-corrected chi connectivity index (χ3v) is 4.66. The fraction of sp³-hybridized carbons (Fsp3) is 0.421. The van der Waals surface area contributed by atoms with Crippen LogP contribution in [0, 0.1) is 11.3 Å². The molecule has 0 spiro atoms. The third kappa shape index (κ3) is 4.09. The van der Waals surface area contributed by atoms with Crippen molar-refractivity contribution in [2.75, 3.05) is 25.0 Å². The van der Waals surface area contributed by atoms with Crippen LogP contribution in [-0.2, 0) is 6.54 Å². The Labute approximate surface area is 143 Å². The van der Waals surface area contributed by atoms with Crippen LogP contribution in [-0.4, -0.2) is 41.0 Å². The first kappa shape index (κ1) is 16.4. The number of hydrogen-bond donors (Lipinski definition) is 0. The highest BCUT2D eigenvalue weighted by atomic mass is 15.2. The number of aromatic nitrogens is 2. The normalized spacial score (nSPS) is 18.2. The first-order valence-corrected chi connectivity index (χ1v) is 8.47. The van der Waals surface area contributed by atoms with Crippen LogP contribution in [0.3, 0.4) is 0 Å². The van der Waals surface area contributed by atoms with Crippen LogP contribution >= 0.6 is 0 Å². The van der Waals surface area contributed by atoms with E-state index in [9.17, 15) is 0 Å². The van der Waals surface area contributed by atoms with Crippen LogP contribution in [0.5, 0.6) is 0 Å². The molecular weight excluding hydrogens is 298 g/mol. The van der Waals surface area contributed by atoms with E-state index in [0.29, 0.717) is 11.6 Å². The van der Waals surface area contributed by atoms with Gasteiger partial charge in [-0.15, -0.1) is 0 Å². The maximum absolute atomic E-state index is 9.06. The SMILES string of the molecule is CN(Cc1ccccn1)C1CCCN(c2cc(C#N)ccn2)CC1. The van der Waals surface area contributed by atoms with Crippen molar-refractivity contribution >= 4 is 5.82 Å². The van der Waals surface area contributed by atoms with Gasteiger partial charge in [-0.05, 0) is 50.6 Å². The lowest BCUT2D eigenvalue weighted by Crippen LogP contribution is -2.33. The molecule has 0 aromatic carbocycles. The number of rotatable bonds is 4. The average molecular weight is 321 g/mol. The molecule has 0 bridgehead atoms. The molecular formula is C19H23N5. The molecule has 0 aliphatic carbocycles. The quantitative estimate of drug-likeness (QED) is 0.867. The lowest BCUT2D eigenvalue weighted by molar-refractivity contribution is 0.215. The van der Waals surface area contributed by atoms with Gasteiger partial charge in [0, 0.05) is 38.1 Å². The van der Waals surface area contributed by atoms with E-state index in [4.69, 9.17) is 5.26 Å². The first-order chi connectivity index (χ1) is 11.8. The molecule has 1 aliphatic rings. The summed E-state index contributed by atoms with van der Waals surface area (Å²) in [6.07, 6.45) is 6.99. The summed E-state index contributed by atoms with van der Waals surface area (Å²) < 4.78 is 0. The Morgan fingerprint density at radius 1 is 1.21 bits per heavy atom. The highest BCUT2D eigenvalue weighted by molar-refractivity contribution is 5.45. The number of hydrogen-bond acceptors (Lipinski definition) is 5. The molecule has 3 rings (SSSR count). The predicted octanol–water partition coefficient (Wildman–Crippen LogP) is 2.84. The van der Waals surface area contributed by atoms with Crippen LogP contribution in [0.1, 0.15) is 30.5 Å². The van der Waals surface area contributed by atoms with E-state index in [1.54, 1.807) is 12.3 Å². The predicted molar refractivity (Wildman–Crippen MR) is 94.5 cm³/mol. The standard InChI is InChI=1S/C19H23N5/c1-23(15-17-5-2-3-9-21-17)18-6-4-11-24(12-8-18)19-13-16(14-20)7-10-22-19/h2-3,5,7,9-10,13,18H,4,6,8,11-12,15H2,1H3. The minimum absolute atomic E-state index is 0.552. The van der Waals surface area contributed by atoms with Crippen LogP contribution in [0.25, 0.3) is 0 Å². The summed E-state index contributed by atoms with van der Waals surface area (Å²) in [5.41, 5.74) is 1.79. The Hall–Kier alpha value is -2.45. The molecule has 3 heterocycles. The molecule has 124 valence electrons. The van der Waals surface area contributed by atoms with E-state index in [-0.39, 0.29) is 0 Å². The van der Waals surface area contributed by atoms with Gasteiger partial charge in [0.25, 0.3) is 0 Å². The summed E-state index contributed by atoms with van der Waals surface area (Å²) in [7, 11) is 2.18. The fourth-order valence-corrected chi connectivity index (χ4v) is 3.29. The van der Waals surface area contributed by atoms with Crippen molar-refractivity contribution in [2.24, 2.45) is 0 Å². The van der Waals surface area contributed by atoms with Gasteiger partial charge in [-0.3, -0.25) is 9.88 Å². The summed E-state index contributed by atoms with van der Waals surface area (Å²) in [6, 6.07) is 12.5. The van der Waals surface area contributed by atoms with Gasteiger partial charge in [0.15, 0.2) is 0 Å².